The number of terminal acetylenes is 1. The maximum absolute atomic E-state index is 4.81. The van der Waals surface area contributed by atoms with Gasteiger partial charge in [0.2, 0.25) is 0 Å². The number of hydrogen-bond donors (Lipinski definition) is 1. The average molecular weight is 156 g/mol. The molecule has 0 aliphatic carbocycles. The maximum atomic E-state index is 4.81. The Morgan fingerprint density at radius 1 is 1.64 bits per heavy atom. The molecule has 64 valence electrons. The zero-order valence-electron chi connectivity index (χ0n) is 7.64. The van der Waals surface area contributed by atoms with Crippen LogP contribution in [0.3, 0.4) is 0 Å². The third-order valence-corrected chi connectivity index (χ3v) is 0.633. The van der Waals surface area contributed by atoms with Gasteiger partial charge in [0.05, 0.1) is 0 Å². The molecule has 0 saturated carbocycles. The van der Waals surface area contributed by atoms with Crippen LogP contribution in [0.1, 0.15) is 20.8 Å². The van der Waals surface area contributed by atoms with E-state index in [2.05, 4.69) is 21.3 Å². The molecule has 0 atom stereocenters. The molecule has 0 rings (SSSR count). The van der Waals surface area contributed by atoms with Crippen molar-refractivity contribution in [3.05, 3.63) is 0 Å². The van der Waals surface area contributed by atoms with E-state index in [1.807, 2.05) is 20.8 Å². The molecule has 0 aliphatic rings. The third kappa shape index (κ3) is 27.6. The first-order valence-corrected chi connectivity index (χ1v) is 3.39. The SMILES string of the molecule is C#CNN=C(C)C.CCOC. The van der Waals surface area contributed by atoms with Crippen molar-refractivity contribution in [2.75, 3.05) is 13.7 Å². The Kier molecular flexibility index (Phi) is 13.5. The lowest BCUT2D eigenvalue weighted by Crippen LogP contribution is -1.96. The summed E-state index contributed by atoms with van der Waals surface area (Å²) >= 11 is 0. The van der Waals surface area contributed by atoms with Gasteiger partial charge in [-0.05, 0) is 20.8 Å². The van der Waals surface area contributed by atoms with Crippen LogP contribution in [0.25, 0.3) is 0 Å². The normalized spacial score (nSPS) is 6.82. The molecule has 0 aromatic rings. The predicted octanol–water partition coefficient (Wildman–Crippen LogP) is 1.22. The fourth-order valence-electron chi connectivity index (χ4n) is 0.144. The van der Waals surface area contributed by atoms with Gasteiger partial charge in [0, 0.05) is 25.5 Å². The molecule has 1 N–H and O–H groups in total. The molecule has 0 bridgehead atoms. The first-order valence-electron chi connectivity index (χ1n) is 3.39. The molecule has 11 heavy (non-hydrogen) atoms. The number of nitrogens with zero attached hydrogens (tertiary/aromatic N) is 1. The lowest BCUT2D eigenvalue weighted by atomic mass is 10.5. The Morgan fingerprint density at radius 2 is 2.09 bits per heavy atom. The Bertz CT molecular complexity index is 130. The van der Waals surface area contributed by atoms with Gasteiger partial charge >= 0.3 is 0 Å². The van der Waals surface area contributed by atoms with Gasteiger partial charge in [-0.25, -0.2) is 5.43 Å². The van der Waals surface area contributed by atoms with Gasteiger partial charge in [0.15, 0.2) is 0 Å². The van der Waals surface area contributed by atoms with E-state index in [0.717, 1.165) is 12.3 Å². The van der Waals surface area contributed by atoms with Crippen LogP contribution in [-0.2, 0) is 4.74 Å². The van der Waals surface area contributed by atoms with E-state index in [-0.39, 0.29) is 0 Å². The topological polar surface area (TPSA) is 33.6 Å². The van der Waals surface area contributed by atoms with Gasteiger partial charge in [0.1, 0.15) is 0 Å². The largest absolute Gasteiger partial charge is 0.385 e. The molecule has 0 heterocycles. The lowest BCUT2D eigenvalue weighted by molar-refractivity contribution is 0.215. The number of ether oxygens (including phenoxy) is 1. The summed E-state index contributed by atoms with van der Waals surface area (Å²) in [6.07, 6.45) is 4.81. The minimum Gasteiger partial charge on any atom is -0.385 e. The smallest absolute Gasteiger partial charge is 0.0433 e. The number of nitrogens with one attached hydrogen (secondary N) is 1. The van der Waals surface area contributed by atoms with Crippen molar-refractivity contribution in [1.82, 2.24) is 5.43 Å². The summed E-state index contributed by atoms with van der Waals surface area (Å²) in [4.78, 5) is 0. The molecule has 0 aromatic carbocycles. The minimum absolute atomic E-state index is 0.819. The van der Waals surface area contributed by atoms with Crippen LogP contribution in [0.5, 0.6) is 0 Å². The maximum Gasteiger partial charge on any atom is 0.0433 e. The highest BCUT2D eigenvalue weighted by Crippen LogP contribution is 1.65. The van der Waals surface area contributed by atoms with Crippen molar-refractivity contribution < 1.29 is 4.74 Å². The van der Waals surface area contributed by atoms with E-state index in [1.54, 1.807) is 7.11 Å². The Balaban J connectivity index is 0. The molecule has 0 fully saturated rings. The summed E-state index contributed by atoms with van der Waals surface area (Å²) in [5, 5.41) is 3.67. The molecule has 3 nitrogen and oxygen atoms in total. The second kappa shape index (κ2) is 11.7. The summed E-state index contributed by atoms with van der Waals surface area (Å²) in [5.41, 5.74) is 3.29. The Labute approximate surface area is 68.8 Å². The van der Waals surface area contributed by atoms with Crippen LogP contribution < -0.4 is 5.43 Å². The fraction of sp³-hybridized carbons (Fsp3) is 0.625. The van der Waals surface area contributed by atoms with Crippen molar-refractivity contribution in [3.63, 3.8) is 0 Å². The summed E-state index contributed by atoms with van der Waals surface area (Å²) in [6.45, 7) is 6.51. The van der Waals surface area contributed by atoms with Crippen molar-refractivity contribution in [2.24, 2.45) is 5.10 Å². The summed E-state index contributed by atoms with van der Waals surface area (Å²) < 4.78 is 4.54. The third-order valence-electron chi connectivity index (χ3n) is 0.633. The van der Waals surface area contributed by atoms with Crippen LogP contribution in [0.15, 0.2) is 5.10 Å². The van der Waals surface area contributed by atoms with E-state index in [0.29, 0.717) is 0 Å². The van der Waals surface area contributed by atoms with E-state index in [1.165, 1.54) is 0 Å². The second-order valence-electron chi connectivity index (χ2n) is 1.89. The van der Waals surface area contributed by atoms with Crippen molar-refractivity contribution in [2.45, 2.75) is 20.8 Å². The van der Waals surface area contributed by atoms with Gasteiger partial charge in [-0.3, -0.25) is 0 Å². The molecule has 0 unspecified atom stereocenters. The van der Waals surface area contributed by atoms with Crippen LogP contribution in [0, 0.1) is 12.5 Å². The Hall–Kier alpha value is -1.01. The minimum atomic E-state index is 0.819. The van der Waals surface area contributed by atoms with Gasteiger partial charge < -0.3 is 4.74 Å². The molecular formula is C8H16N2O. The van der Waals surface area contributed by atoms with Crippen LogP contribution in [0.4, 0.5) is 0 Å². The van der Waals surface area contributed by atoms with Crippen LogP contribution in [-0.4, -0.2) is 19.4 Å². The van der Waals surface area contributed by atoms with Crippen molar-refractivity contribution in [3.8, 4) is 12.5 Å². The second-order valence-corrected chi connectivity index (χ2v) is 1.89. The summed E-state index contributed by atoms with van der Waals surface area (Å²) in [7, 11) is 1.68. The zero-order chi connectivity index (χ0) is 9.11. The number of hydrogen-bond acceptors (Lipinski definition) is 3. The average Bonchev–Trinajstić information content (AvgIpc) is 2.01. The molecule has 0 saturated heterocycles. The van der Waals surface area contributed by atoms with Crippen LogP contribution >= 0.6 is 0 Å². The molecule has 0 aliphatic heterocycles. The highest BCUT2D eigenvalue weighted by Gasteiger charge is 1.68. The monoisotopic (exact) mass is 156 g/mol. The summed E-state index contributed by atoms with van der Waals surface area (Å²) in [5.74, 6) is 0. The first-order chi connectivity index (χ1) is 5.18. The number of methoxy groups -OCH3 is 1. The molecule has 0 spiro atoms. The molecular weight excluding hydrogens is 140 g/mol. The fourth-order valence-corrected chi connectivity index (χ4v) is 0.144. The molecule has 0 amide bonds. The molecule has 0 radical (unpaired) electrons. The summed E-state index contributed by atoms with van der Waals surface area (Å²) in [6, 6.07) is 2.16. The Morgan fingerprint density at radius 3 is 2.18 bits per heavy atom. The van der Waals surface area contributed by atoms with Gasteiger partial charge in [0.25, 0.3) is 0 Å². The van der Waals surface area contributed by atoms with Crippen LogP contribution in [0.2, 0.25) is 0 Å². The van der Waals surface area contributed by atoms with Gasteiger partial charge in [-0.15, -0.1) is 0 Å². The first kappa shape index (κ1) is 12.6. The number of rotatable bonds is 2. The van der Waals surface area contributed by atoms with E-state index < -0.39 is 0 Å². The highest BCUT2D eigenvalue weighted by atomic mass is 16.5. The standard InChI is InChI=1S/C5H8N2.C3H8O/c1-4-6-7-5(2)3;1-3-4-2/h1,6H,2-3H3;3H2,1-2H3. The van der Waals surface area contributed by atoms with Crippen molar-refractivity contribution in [1.29, 1.82) is 0 Å². The van der Waals surface area contributed by atoms with Gasteiger partial charge in [-0.2, -0.15) is 5.10 Å². The van der Waals surface area contributed by atoms with E-state index >= 15 is 0 Å². The van der Waals surface area contributed by atoms with E-state index in [9.17, 15) is 0 Å². The lowest BCUT2D eigenvalue weighted by Gasteiger charge is -1.83. The van der Waals surface area contributed by atoms with Crippen molar-refractivity contribution >= 4 is 5.71 Å². The van der Waals surface area contributed by atoms with Gasteiger partial charge in [-0.1, -0.05) is 6.42 Å². The molecule has 0 aromatic heterocycles. The zero-order valence-corrected chi connectivity index (χ0v) is 7.64. The predicted molar refractivity (Wildman–Crippen MR) is 48.3 cm³/mol. The number of hydrazone groups is 1. The molecule has 3 heteroatoms. The quantitative estimate of drug-likeness (QED) is 0.282. The highest BCUT2D eigenvalue weighted by molar-refractivity contribution is 5.78. The van der Waals surface area contributed by atoms with E-state index in [4.69, 9.17) is 6.42 Å².